The van der Waals surface area contributed by atoms with Crippen molar-refractivity contribution in [2.24, 2.45) is 0 Å². The van der Waals surface area contributed by atoms with Gasteiger partial charge in [-0.15, -0.1) is 11.8 Å². The van der Waals surface area contributed by atoms with Gasteiger partial charge in [-0.2, -0.15) is 0 Å². The lowest BCUT2D eigenvalue weighted by Gasteiger charge is -2.04. The van der Waals surface area contributed by atoms with Crippen molar-refractivity contribution in [3.8, 4) is 0 Å². The monoisotopic (exact) mass is 225 g/mol. The van der Waals surface area contributed by atoms with Crippen LogP contribution in [0.4, 0.5) is 0 Å². The topological polar surface area (TPSA) is 32.3 Å². The summed E-state index contributed by atoms with van der Waals surface area (Å²) in [6, 6.07) is 8.61. The van der Waals surface area contributed by atoms with Crippen molar-refractivity contribution in [1.29, 1.82) is 0 Å². The molecule has 0 aliphatic rings. The summed E-state index contributed by atoms with van der Waals surface area (Å²) in [7, 11) is 0. The first-order chi connectivity index (χ1) is 7.36. The van der Waals surface area contributed by atoms with E-state index in [1.165, 1.54) is 10.5 Å². The van der Waals surface area contributed by atoms with Crippen LogP contribution in [0.25, 0.3) is 0 Å². The Morgan fingerprint density at radius 3 is 2.60 bits per heavy atom. The Hall–Kier alpha value is -0.510. The van der Waals surface area contributed by atoms with Crippen LogP contribution in [0.5, 0.6) is 0 Å². The number of benzene rings is 1. The molecule has 0 aliphatic carbocycles. The third-order valence-corrected chi connectivity index (χ3v) is 3.17. The Balaban J connectivity index is 2.35. The number of nitrogens with one attached hydrogen (secondary N) is 1. The van der Waals surface area contributed by atoms with Gasteiger partial charge in [0, 0.05) is 23.8 Å². The van der Waals surface area contributed by atoms with Gasteiger partial charge in [-0.05, 0) is 30.7 Å². The maximum absolute atomic E-state index is 8.66. The number of aliphatic hydroxyl groups excluding tert-OH is 1. The third-order valence-electron chi connectivity index (χ3n) is 2.07. The molecular weight excluding hydrogens is 206 g/mol. The molecule has 0 fully saturated rings. The summed E-state index contributed by atoms with van der Waals surface area (Å²) in [6.07, 6.45) is 0.865. The fourth-order valence-electron chi connectivity index (χ4n) is 1.23. The molecule has 0 spiro atoms. The Morgan fingerprint density at radius 1 is 1.27 bits per heavy atom. The van der Waals surface area contributed by atoms with Gasteiger partial charge in [0.1, 0.15) is 0 Å². The number of thioether (sulfide) groups is 1. The fraction of sp³-hybridized carbons (Fsp3) is 0.500. The van der Waals surface area contributed by atoms with E-state index in [1.54, 1.807) is 11.8 Å². The van der Waals surface area contributed by atoms with Crippen LogP contribution < -0.4 is 5.32 Å². The molecule has 84 valence electrons. The molecule has 2 N–H and O–H groups in total. The molecule has 15 heavy (non-hydrogen) atoms. The fourth-order valence-corrected chi connectivity index (χ4v) is 2.07. The molecule has 0 saturated heterocycles. The lowest BCUT2D eigenvalue weighted by atomic mass is 10.2. The summed E-state index contributed by atoms with van der Waals surface area (Å²) in [5, 5.41) is 12.0. The molecule has 0 unspecified atom stereocenters. The second-order valence-corrected chi connectivity index (χ2v) is 4.52. The molecule has 0 radical (unpaired) electrons. The van der Waals surface area contributed by atoms with Crippen molar-refractivity contribution in [1.82, 2.24) is 5.32 Å². The Labute approximate surface area is 96.1 Å². The van der Waals surface area contributed by atoms with Crippen molar-refractivity contribution < 1.29 is 5.11 Å². The molecule has 1 aromatic carbocycles. The van der Waals surface area contributed by atoms with E-state index in [-0.39, 0.29) is 6.61 Å². The van der Waals surface area contributed by atoms with Crippen LogP contribution in [0.1, 0.15) is 18.9 Å². The first kappa shape index (κ1) is 12.6. The average Bonchev–Trinajstić information content (AvgIpc) is 2.28. The van der Waals surface area contributed by atoms with Crippen LogP contribution >= 0.6 is 11.8 Å². The van der Waals surface area contributed by atoms with Gasteiger partial charge in [0.25, 0.3) is 0 Å². The van der Waals surface area contributed by atoms with Crippen molar-refractivity contribution in [2.75, 3.05) is 18.9 Å². The maximum Gasteiger partial charge on any atom is 0.0439 e. The molecule has 3 heteroatoms. The van der Waals surface area contributed by atoms with Crippen molar-refractivity contribution in [3.05, 3.63) is 29.8 Å². The van der Waals surface area contributed by atoms with Gasteiger partial charge in [-0.1, -0.05) is 19.1 Å². The third kappa shape index (κ3) is 5.21. The van der Waals surface area contributed by atoms with E-state index in [0.29, 0.717) is 0 Å². The highest BCUT2D eigenvalue weighted by atomic mass is 32.2. The zero-order valence-corrected chi connectivity index (χ0v) is 10.0. The molecular formula is C12H19NOS. The molecule has 0 aliphatic heterocycles. The summed E-state index contributed by atoms with van der Waals surface area (Å²) in [5.41, 5.74) is 1.32. The molecule has 0 atom stereocenters. The lowest BCUT2D eigenvalue weighted by Crippen LogP contribution is -2.11. The smallest absolute Gasteiger partial charge is 0.0439 e. The van der Waals surface area contributed by atoms with Crippen molar-refractivity contribution in [2.45, 2.75) is 24.8 Å². The molecule has 0 heterocycles. The Morgan fingerprint density at radius 2 is 2.00 bits per heavy atom. The standard InChI is InChI=1S/C12H19NOS/c1-2-13-10-11-4-6-12(7-5-11)15-9-3-8-14/h4-7,13-14H,2-3,8-10H2,1H3. The summed E-state index contributed by atoms with van der Waals surface area (Å²) >= 11 is 1.80. The normalized spacial score (nSPS) is 10.5. The largest absolute Gasteiger partial charge is 0.396 e. The number of hydrogen-bond acceptors (Lipinski definition) is 3. The summed E-state index contributed by atoms with van der Waals surface area (Å²) in [5.74, 6) is 0.989. The quantitative estimate of drug-likeness (QED) is 0.551. The molecule has 0 bridgehead atoms. The zero-order valence-electron chi connectivity index (χ0n) is 9.20. The van der Waals surface area contributed by atoms with Gasteiger partial charge in [0.2, 0.25) is 0 Å². The summed E-state index contributed by atoms with van der Waals surface area (Å²) < 4.78 is 0. The van der Waals surface area contributed by atoms with E-state index in [2.05, 4.69) is 36.5 Å². The maximum atomic E-state index is 8.66. The average molecular weight is 225 g/mol. The molecule has 1 rings (SSSR count). The first-order valence-corrected chi connectivity index (χ1v) is 6.38. The molecule has 1 aromatic rings. The highest BCUT2D eigenvalue weighted by molar-refractivity contribution is 7.99. The predicted octanol–water partition coefficient (Wildman–Crippen LogP) is 2.27. The summed E-state index contributed by atoms with van der Waals surface area (Å²) in [4.78, 5) is 1.28. The number of rotatable bonds is 7. The van der Waals surface area contributed by atoms with E-state index >= 15 is 0 Å². The van der Waals surface area contributed by atoms with E-state index < -0.39 is 0 Å². The SMILES string of the molecule is CCNCc1ccc(SCCCO)cc1. The second-order valence-electron chi connectivity index (χ2n) is 3.35. The van der Waals surface area contributed by atoms with Crippen molar-refractivity contribution in [3.63, 3.8) is 0 Å². The lowest BCUT2D eigenvalue weighted by molar-refractivity contribution is 0.296. The summed E-state index contributed by atoms with van der Waals surface area (Å²) in [6.45, 7) is 4.34. The van der Waals surface area contributed by atoms with Gasteiger partial charge in [-0.3, -0.25) is 0 Å². The van der Waals surface area contributed by atoms with Crippen LogP contribution in [0, 0.1) is 0 Å². The van der Waals surface area contributed by atoms with Gasteiger partial charge in [0.15, 0.2) is 0 Å². The highest BCUT2D eigenvalue weighted by Gasteiger charge is 1.95. The molecule has 0 saturated carbocycles. The van der Waals surface area contributed by atoms with Crippen LogP contribution in [0.3, 0.4) is 0 Å². The Bertz CT molecular complexity index is 261. The van der Waals surface area contributed by atoms with Gasteiger partial charge >= 0.3 is 0 Å². The zero-order chi connectivity index (χ0) is 10.9. The van der Waals surface area contributed by atoms with Gasteiger partial charge < -0.3 is 10.4 Å². The number of aliphatic hydroxyl groups is 1. The van der Waals surface area contributed by atoms with Crippen LogP contribution in [-0.4, -0.2) is 24.0 Å². The molecule has 2 nitrogen and oxygen atoms in total. The van der Waals surface area contributed by atoms with Crippen LogP contribution in [-0.2, 0) is 6.54 Å². The van der Waals surface area contributed by atoms with Crippen molar-refractivity contribution >= 4 is 11.8 Å². The van der Waals surface area contributed by atoms with Crippen LogP contribution in [0.15, 0.2) is 29.2 Å². The van der Waals surface area contributed by atoms with Crippen LogP contribution in [0.2, 0.25) is 0 Å². The molecule has 0 aromatic heterocycles. The van der Waals surface area contributed by atoms with E-state index in [4.69, 9.17) is 5.11 Å². The highest BCUT2D eigenvalue weighted by Crippen LogP contribution is 2.18. The minimum Gasteiger partial charge on any atom is -0.396 e. The first-order valence-electron chi connectivity index (χ1n) is 5.40. The second kappa shape index (κ2) is 7.74. The van der Waals surface area contributed by atoms with E-state index in [1.807, 2.05) is 0 Å². The number of hydrogen-bond donors (Lipinski definition) is 2. The van der Waals surface area contributed by atoms with Gasteiger partial charge in [-0.25, -0.2) is 0 Å². The Kier molecular flexibility index (Phi) is 6.48. The minimum atomic E-state index is 0.283. The minimum absolute atomic E-state index is 0.283. The molecule has 0 amide bonds. The van der Waals surface area contributed by atoms with E-state index in [0.717, 1.165) is 25.3 Å². The predicted molar refractivity (Wildman–Crippen MR) is 66.2 cm³/mol. The van der Waals surface area contributed by atoms with Gasteiger partial charge in [0.05, 0.1) is 0 Å². The van der Waals surface area contributed by atoms with E-state index in [9.17, 15) is 0 Å².